The van der Waals surface area contributed by atoms with E-state index in [9.17, 15) is 20.6 Å². The van der Waals surface area contributed by atoms with Crippen molar-refractivity contribution in [3.8, 4) is 0 Å². The number of aliphatic hydroxyl groups excluding tert-OH is 1. The van der Waals surface area contributed by atoms with E-state index in [-0.39, 0.29) is 31.8 Å². The predicted molar refractivity (Wildman–Crippen MR) is 81.6 cm³/mol. The van der Waals surface area contributed by atoms with E-state index in [1.165, 1.54) is 12.1 Å². The minimum absolute atomic E-state index is 0.213. The van der Waals surface area contributed by atoms with E-state index in [0.29, 0.717) is 0 Å². The van der Waals surface area contributed by atoms with Crippen molar-refractivity contribution in [2.75, 3.05) is 0 Å². The molecule has 124 valence electrons. The van der Waals surface area contributed by atoms with E-state index in [1.807, 2.05) is 0 Å². The van der Waals surface area contributed by atoms with Crippen LogP contribution >= 0.6 is 11.6 Å². The van der Waals surface area contributed by atoms with Gasteiger partial charge in [-0.15, -0.1) is 5.23 Å². The molecule has 8 nitrogen and oxygen atoms in total. The van der Waals surface area contributed by atoms with Gasteiger partial charge in [0.2, 0.25) is 5.71 Å². The third kappa shape index (κ3) is 2.29. The van der Waals surface area contributed by atoms with Crippen LogP contribution in [0.1, 0.15) is 0 Å². The molecule has 0 fully saturated rings. The maximum absolute atomic E-state index is 12.5. The average Bonchev–Trinajstić information content (AvgIpc) is 2.78. The van der Waals surface area contributed by atoms with Gasteiger partial charge in [0.15, 0.2) is 0 Å². The molecule has 3 rings (SSSR count). The summed E-state index contributed by atoms with van der Waals surface area (Å²) in [5.74, 6) is -0.979. The molecule has 0 saturated heterocycles. The zero-order chi connectivity index (χ0) is 17.6. The molecule has 0 bridgehead atoms. The molecule has 0 heterocycles. The smallest absolute Gasteiger partial charge is 0.233 e. The lowest BCUT2D eigenvalue weighted by molar-refractivity contribution is -0.377. The van der Waals surface area contributed by atoms with Gasteiger partial charge in [0.1, 0.15) is 11.5 Å². The minimum atomic E-state index is -0.810. The minimum Gasteiger partial charge on any atom is -0.872 e. The first-order chi connectivity index (χ1) is 11.3. The van der Waals surface area contributed by atoms with Gasteiger partial charge in [0.25, 0.3) is 0 Å². The molecule has 2 aliphatic carbocycles. The lowest BCUT2D eigenvalue weighted by Crippen LogP contribution is -2.26. The lowest BCUT2D eigenvalue weighted by Gasteiger charge is -2.22. The van der Waals surface area contributed by atoms with Gasteiger partial charge in [-0.25, -0.2) is 0 Å². The van der Waals surface area contributed by atoms with E-state index in [4.69, 9.17) is 22.0 Å². The zero-order valence-electron chi connectivity index (χ0n) is 11.8. The predicted octanol–water partition coefficient (Wildman–Crippen LogP) is -0.319. The fourth-order valence-electron chi connectivity index (χ4n) is 2.57. The van der Waals surface area contributed by atoms with Crippen molar-refractivity contribution >= 4 is 28.8 Å². The average molecular weight is 349 g/mol. The van der Waals surface area contributed by atoms with Crippen LogP contribution in [-0.2, 0) is 0 Å². The Bertz CT molecular complexity index is 940. The number of hydrogen-bond donors (Lipinski definition) is 3. The van der Waals surface area contributed by atoms with Gasteiger partial charge in [-0.3, -0.25) is 10.4 Å². The van der Waals surface area contributed by atoms with Crippen LogP contribution in [0.3, 0.4) is 0 Å². The van der Waals surface area contributed by atoms with Crippen LogP contribution in [-0.4, -0.2) is 31.4 Å². The molecule has 0 aromatic heterocycles. The van der Waals surface area contributed by atoms with Gasteiger partial charge in [0, 0.05) is 16.9 Å². The number of allylic oxidation sites excluding steroid dienone is 4. The normalized spacial score (nSPS) is 19.9. The number of halogens is 1. The van der Waals surface area contributed by atoms with Gasteiger partial charge < -0.3 is 20.6 Å². The van der Waals surface area contributed by atoms with Crippen LogP contribution in [0.25, 0.3) is 11.5 Å². The molecule has 0 atom stereocenters. The second-order valence-corrected chi connectivity index (χ2v) is 5.37. The van der Waals surface area contributed by atoms with Crippen LogP contribution in [0.5, 0.6) is 0 Å². The molecule has 0 saturated carbocycles. The number of hydrogen-bond acceptors (Lipinski definition) is 7. The quantitative estimate of drug-likeness (QED) is 0.467. The van der Waals surface area contributed by atoms with Crippen molar-refractivity contribution in [3.05, 3.63) is 79.1 Å². The van der Waals surface area contributed by atoms with Gasteiger partial charge >= 0.3 is 0 Å². The van der Waals surface area contributed by atoms with Crippen LogP contribution in [0.4, 0.5) is 0 Å². The van der Waals surface area contributed by atoms with E-state index in [2.05, 4.69) is 0 Å². The molecule has 1 aromatic rings. The standard InChI is InChI=1S/C15H10ClN2O6/c16-10-5-9(11(17(21)22)6-12(10)18(23)24)13-14(19)7-3-1-2-4-8(7)15(13)20/h1-6,23-24H,(H2-,19,20,21,22)/q-1/p-1. The Labute approximate surface area is 139 Å². The van der Waals surface area contributed by atoms with Gasteiger partial charge in [-0.05, 0) is 11.3 Å². The maximum Gasteiger partial charge on any atom is 0.233 e. The third-order valence-corrected chi connectivity index (χ3v) is 3.94. The number of hydroxylamine groups is 2. The maximum atomic E-state index is 12.5. The summed E-state index contributed by atoms with van der Waals surface area (Å²) in [6.45, 7) is 0. The molecular weight excluding hydrogens is 340 g/mol. The Balaban J connectivity index is 2.36. The van der Waals surface area contributed by atoms with Gasteiger partial charge in [0.05, 0.1) is 10.6 Å². The van der Waals surface area contributed by atoms with Crippen molar-refractivity contribution in [2.24, 2.45) is 0 Å². The van der Waals surface area contributed by atoms with Gasteiger partial charge in [-0.1, -0.05) is 41.6 Å². The molecular formula is C15H9ClN2O6-2. The fourth-order valence-corrected chi connectivity index (χ4v) is 2.81. The topological polar surface area (TPSA) is 136 Å². The van der Waals surface area contributed by atoms with Crippen molar-refractivity contribution < 1.29 is 25.5 Å². The third-order valence-electron chi connectivity index (χ3n) is 3.64. The summed E-state index contributed by atoms with van der Waals surface area (Å²) < 4.78 is 0. The van der Waals surface area contributed by atoms with E-state index in [1.54, 1.807) is 12.1 Å². The highest BCUT2D eigenvalue weighted by atomic mass is 35.5. The van der Waals surface area contributed by atoms with Crippen molar-refractivity contribution in [1.82, 2.24) is 5.23 Å². The molecule has 9 heteroatoms. The van der Waals surface area contributed by atoms with E-state index >= 15 is 0 Å². The van der Waals surface area contributed by atoms with Crippen LogP contribution in [0, 0.1) is 10.4 Å². The summed E-state index contributed by atoms with van der Waals surface area (Å²) in [6, 6.07) is 6.23. The summed E-state index contributed by atoms with van der Waals surface area (Å²) in [5.41, 5.74) is -1.52. The molecule has 2 aliphatic rings. The molecule has 0 radical (unpaired) electrons. The molecule has 0 aliphatic heterocycles. The molecule has 0 spiro atoms. The van der Waals surface area contributed by atoms with E-state index in [0.717, 1.165) is 12.2 Å². The highest BCUT2D eigenvalue weighted by Gasteiger charge is 2.28. The first-order valence-corrected chi connectivity index (χ1v) is 6.94. The molecule has 1 aromatic carbocycles. The summed E-state index contributed by atoms with van der Waals surface area (Å²) in [7, 11) is 0. The highest BCUT2D eigenvalue weighted by Crippen LogP contribution is 2.31. The Morgan fingerprint density at radius 1 is 1.04 bits per heavy atom. The molecule has 0 unspecified atom stereocenters. The van der Waals surface area contributed by atoms with Crippen LogP contribution in [0.15, 0.2) is 58.3 Å². The number of aliphatic hydroxyl groups is 1. The number of nitrogens with zero attached hydrogens (tertiary/aromatic N) is 2. The lowest BCUT2D eigenvalue weighted by atomic mass is 9.96. The molecule has 3 N–H and O–H groups in total. The van der Waals surface area contributed by atoms with Crippen molar-refractivity contribution in [1.29, 1.82) is 0 Å². The first-order valence-electron chi connectivity index (χ1n) is 6.56. The molecule has 24 heavy (non-hydrogen) atoms. The second-order valence-electron chi connectivity index (χ2n) is 4.97. The number of rotatable bonds is 1. The molecule has 0 amide bonds. The first kappa shape index (κ1) is 15.9. The van der Waals surface area contributed by atoms with Crippen molar-refractivity contribution in [2.45, 2.75) is 0 Å². The Kier molecular flexibility index (Phi) is 3.72. The summed E-state index contributed by atoms with van der Waals surface area (Å²) in [6.07, 6.45) is 1.83. The summed E-state index contributed by atoms with van der Waals surface area (Å²) in [4.78, 5) is -0.810. The second kappa shape index (κ2) is 5.60. The monoisotopic (exact) mass is 348 g/mol. The largest absolute Gasteiger partial charge is 0.872 e. The summed E-state index contributed by atoms with van der Waals surface area (Å²) >= 11 is 5.89. The van der Waals surface area contributed by atoms with Crippen LogP contribution < -0.4 is 15.5 Å². The Morgan fingerprint density at radius 2 is 1.67 bits per heavy atom. The van der Waals surface area contributed by atoms with Gasteiger partial charge in [-0.2, -0.15) is 4.90 Å². The number of fused-ring (bicyclic) bond motifs is 1. The number of benzene rings is 1. The van der Waals surface area contributed by atoms with Crippen LogP contribution in [0.2, 0.25) is 0 Å². The summed E-state index contributed by atoms with van der Waals surface area (Å²) in [5, 5.41) is 63.5. The highest BCUT2D eigenvalue weighted by molar-refractivity contribution is 6.34. The van der Waals surface area contributed by atoms with Crippen molar-refractivity contribution in [3.63, 3.8) is 0 Å². The zero-order valence-corrected chi connectivity index (χ0v) is 12.6. The fraction of sp³-hybridized carbons (Fsp3) is 0. The Morgan fingerprint density at radius 3 is 2.21 bits per heavy atom. The Hall–Kier alpha value is -2.94. The SMILES string of the molecule is [O-]C1=c2ccccc2=C(O)C1=C1C=C(Cl)C(N(O)O)=CC1=[N+]([O-])[O-]. The van der Waals surface area contributed by atoms with E-state index < -0.39 is 27.8 Å².